The van der Waals surface area contributed by atoms with Crippen molar-refractivity contribution in [3.05, 3.63) is 48.0 Å². The van der Waals surface area contributed by atoms with Crippen LogP contribution in [0.3, 0.4) is 0 Å². The third-order valence-corrected chi connectivity index (χ3v) is 4.91. The zero-order valence-electron chi connectivity index (χ0n) is 11.6. The first kappa shape index (κ1) is 15.2. The standard InChI is InChI=1S/C15H15NO4S/c1-16(2)21(19,20)14-5-3-4-11(8-14)12-6-7-13(10-17)15(18)9-12/h3-10,18H,1-2H3. The van der Waals surface area contributed by atoms with Crippen molar-refractivity contribution in [2.24, 2.45) is 0 Å². The molecule has 0 atom stereocenters. The van der Waals surface area contributed by atoms with Crippen LogP contribution in [-0.4, -0.2) is 38.2 Å². The van der Waals surface area contributed by atoms with E-state index in [1.165, 1.54) is 38.4 Å². The van der Waals surface area contributed by atoms with Crippen LogP contribution in [0, 0.1) is 0 Å². The smallest absolute Gasteiger partial charge is 0.242 e. The van der Waals surface area contributed by atoms with Crippen LogP contribution in [0.5, 0.6) is 5.75 Å². The molecule has 0 spiro atoms. The summed E-state index contributed by atoms with van der Waals surface area (Å²) < 4.78 is 25.4. The van der Waals surface area contributed by atoms with Gasteiger partial charge in [0.2, 0.25) is 10.0 Å². The number of phenolic OH excluding ortho intramolecular Hbond substituents is 1. The molecule has 21 heavy (non-hydrogen) atoms. The first-order valence-electron chi connectivity index (χ1n) is 6.17. The van der Waals surface area contributed by atoms with Gasteiger partial charge in [0.1, 0.15) is 5.75 Å². The predicted molar refractivity (Wildman–Crippen MR) is 79.8 cm³/mol. The van der Waals surface area contributed by atoms with Gasteiger partial charge in [-0.1, -0.05) is 18.2 Å². The van der Waals surface area contributed by atoms with Crippen molar-refractivity contribution in [2.45, 2.75) is 4.90 Å². The van der Waals surface area contributed by atoms with Crippen molar-refractivity contribution in [1.82, 2.24) is 4.31 Å². The van der Waals surface area contributed by atoms with Gasteiger partial charge in [0.05, 0.1) is 10.5 Å². The second kappa shape index (κ2) is 5.67. The average Bonchev–Trinajstić information content (AvgIpc) is 2.47. The normalized spacial score (nSPS) is 11.6. The number of aromatic hydroxyl groups is 1. The Bertz CT molecular complexity index is 782. The van der Waals surface area contributed by atoms with Crippen LogP contribution < -0.4 is 0 Å². The van der Waals surface area contributed by atoms with Gasteiger partial charge in [-0.25, -0.2) is 12.7 Å². The van der Waals surface area contributed by atoms with Crippen LogP contribution in [-0.2, 0) is 10.0 Å². The highest BCUT2D eigenvalue weighted by Crippen LogP contribution is 2.27. The van der Waals surface area contributed by atoms with Gasteiger partial charge in [-0.2, -0.15) is 0 Å². The average molecular weight is 305 g/mol. The molecule has 0 bridgehead atoms. The molecule has 0 amide bonds. The second-order valence-corrected chi connectivity index (χ2v) is 6.86. The molecular formula is C15H15NO4S. The number of hydrogen-bond acceptors (Lipinski definition) is 4. The zero-order valence-corrected chi connectivity index (χ0v) is 12.5. The second-order valence-electron chi connectivity index (χ2n) is 4.71. The first-order chi connectivity index (χ1) is 9.86. The first-order valence-corrected chi connectivity index (χ1v) is 7.61. The maximum absolute atomic E-state index is 12.1. The van der Waals surface area contributed by atoms with E-state index in [-0.39, 0.29) is 16.2 Å². The lowest BCUT2D eigenvalue weighted by molar-refractivity contribution is 0.112. The molecule has 0 aliphatic carbocycles. The molecule has 6 heteroatoms. The van der Waals surface area contributed by atoms with Gasteiger partial charge in [-0.05, 0) is 35.4 Å². The van der Waals surface area contributed by atoms with Crippen molar-refractivity contribution in [1.29, 1.82) is 0 Å². The molecule has 0 fully saturated rings. The minimum atomic E-state index is -3.52. The summed E-state index contributed by atoms with van der Waals surface area (Å²) >= 11 is 0. The topological polar surface area (TPSA) is 74.7 Å². The third-order valence-electron chi connectivity index (χ3n) is 3.10. The molecule has 0 heterocycles. The number of carbonyl (C=O) groups is 1. The predicted octanol–water partition coefficient (Wildman–Crippen LogP) is 2.12. The molecule has 2 rings (SSSR count). The van der Waals surface area contributed by atoms with Gasteiger partial charge < -0.3 is 5.11 Å². The number of phenols is 1. The van der Waals surface area contributed by atoms with Gasteiger partial charge in [0.25, 0.3) is 0 Å². The number of rotatable bonds is 4. The third kappa shape index (κ3) is 2.96. The van der Waals surface area contributed by atoms with Crippen molar-refractivity contribution >= 4 is 16.3 Å². The zero-order chi connectivity index (χ0) is 15.6. The van der Waals surface area contributed by atoms with Crippen molar-refractivity contribution in [2.75, 3.05) is 14.1 Å². The van der Waals surface area contributed by atoms with Crippen LogP contribution >= 0.6 is 0 Å². The lowest BCUT2D eigenvalue weighted by Crippen LogP contribution is -2.22. The molecule has 110 valence electrons. The summed E-state index contributed by atoms with van der Waals surface area (Å²) in [6, 6.07) is 11.0. The maximum Gasteiger partial charge on any atom is 0.242 e. The quantitative estimate of drug-likeness (QED) is 0.878. The van der Waals surface area contributed by atoms with Crippen LogP contribution in [0.4, 0.5) is 0 Å². The Hall–Kier alpha value is -2.18. The number of sulfonamides is 1. The number of aldehydes is 1. The van der Waals surface area contributed by atoms with E-state index in [0.717, 1.165) is 4.31 Å². The Labute approximate surface area is 123 Å². The van der Waals surface area contributed by atoms with Crippen LogP contribution in [0.15, 0.2) is 47.4 Å². The Morgan fingerprint density at radius 3 is 2.29 bits per heavy atom. The lowest BCUT2D eigenvalue weighted by atomic mass is 10.0. The monoisotopic (exact) mass is 305 g/mol. The van der Waals surface area contributed by atoms with Gasteiger partial charge in [-0.3, -0.25) is 4.79 Å². The highest BCUT2D eigenvalue weighted by atomic mass is 32.2. The summed E-state index contributed by atoms with van der Waals surface area (Å²) in [4.78, 5) is 10.9. The van der Waals surface area contributed by atoms with E-state index in [1.807, 2.05) is 0 Å². The molecular weight excluding hydrogens is 290 g/mol. The molecule has 0 unspecified atom stereocenters. The molecule has 5 nitrogen and oxygen atoms in total. The molecule has 0 aliphatic heterocycles. The SMILES string of the molecule is CN(C)S(=O)(=O)c1cccc(-c2ccc(C=O)c(O)c2)c1. The minimum Gasteiger partial charge on any atom is -0.507 e. The highest BCUT2D eigenvalue weighted by Gasteiger charge is 2.17. The van der Waals surface area contributed by atoms with Crippen molar-refractivity contribution in [3.8, 4) is 16.9 Å². The fourth-order valence-electron chi connectivity index (χ4n) is 1.87. The number of hydrogen-bond donors (Lipinski definition) is 1. The van der Waals surface area contributed by atoms with E-state index in [1.54, 1.807) is 18.2 Å². The summed E-state index contributed by atoms with van der Waals surface area (Å²) in [6.07, 6.45) is 0.562. The van der Waals surface area contributed by atoms with Gasteiger partial charge in [0.15, 0.2) is 6.29 Å². The fraction of sp³-hybridized carbons (Fsp3) is 0.133. The lowest BCUT2D eigenvalue weighted by Gasteiger charge is -2.12. The Balaban J connectivity index is 2.52. The Morgan fingerprint density at radius 1 is 1.05 bits per heavy atom. The van der Waals surface area contributed by atoms with Gasteiger partial charge >= 0.3 is 0 Å². The Morgan fingerprint density at radius 2 is 1.71 bits per heavy atom. The number of carbonyl (C=O) groups excluding carboxylic acids is 1. The van der Waals surface area contributed by atoms with Crippen molar-refractivity contribution < 1.29 is 18.3 Å². The largest absolute Gasteiger partial charge is 0.507 e. The van der Waals surface area contributed by atoms with Crippen molar-refractivity contribution in [3.63, 3.8) is 0 Å². The summed E-state index contributed by atoms with van der Waals surface area (Å²) in [5.41, 5.74) is 1.47. The molecule has 2 aromatic carbocycles. The summed E-state index contributed by atoms with van der Waals surface area (Å²) in [5, 5.41) is 9.71. The molecule has 0 aromatic heterocycles. The molecule has 0 aliphatic rings. The van der Waals surface area contributed by atoms with E-state index in [0.29, 0.717) is 17.4 Å². The molecule has 0 radical (unpaired) electrons. The van der Waals surface area contributed by atoms with Crippen LogP contribution in [0.25, 0.3) is 11.1 Å². The summed E-state index contributed by atoms with van der Waals surface area (Å²) in [7, 11) is -0.586. The van der Waals surface area contributed by atoms with E-state index in [2.05, 4.69) is 0 Å². The minimum absolute atomic E-state index is 0.136. The molecule has 2 aromatic rings. The van der Waals surface area contributed by atoms with E-state index in [4.69, 9.17) is 0 Å². The molecule has 0 saturated heterocycles. The summed E-state index contributed by atoms with van der Waals surface area (Å²) in [6.45, 7) is 0. The van der Waals surface area contributed by atoms with Crippen LogP contribution in [0.2, 0.25) is 0 Å². The Kier molecular flexibility index (Phi) is 4.11. The van der Waals surface area contributed by atoms with E-state index >= 15 is 0 Å². The van der Waals surface area contributed by atoms with E-state index < -0.39 is 10.0 Å². The number of nitrogens with zero attached hydrogens (tertiary/aromatic N) is 1. The van der Waals surface area contributed by atoms with Crippen LogP contribution in [0.1, 0.15) is 10.4 Å². The number of benzene rings is 2. The highest BCUT2D eigenvalue weighted by molar-refractivity contribution is 7.89. The molecule has 0 saturated carbocycles. The van der Waals surface area contributed by atoms with Gasteiger partial charge in [0, 0.05) is 14.1 Å². The van der Waals surface area contributed by atoms with E-state index in [9.17, 15) is 18.3 Å². The maximum atomic E-state index is 12.1. The fourth-order valence-corrected chi connectivity index (χ4v) is 2.82. The summed E-state index contributed by atoms with van der Waals surface area (Å²) in [5.74, 6) is -0.136. The molecule has 1 N–H and O–H groups in total. The van der Waals surface area contributed by atoms with Gasteiger partial charge in [-0.15, -0.1) is 0 Å².